The third-order valence-electron chi connectivity index (χ3n) is 4.71. The molecule has 0 saturated carbocycles. The highest BCUT2D eigenvalue weighted by Gasteiger charge is 2.28. The van der Waals surface area contributed by atoms with Crippen molar-refractivity contribution in [3.63, 3.8) is 0 Å². The number of nitrogens with one attached hydrogen (secondary N) is 1. The number of hydrogen-bond acceptors (Lipinski definition) is 6. The number of carbonyl (C=O) groups is 2. The Bertz CT molecular complexity index is 1300. The molecule has 1 amide bonds. The Morgan fingerprint density at radius 2 is 1.65 bits per heavy atom. The Labute approximate surface area is 200 Å². The summed E-state index contributed by atoms with van der Waals surface area (Å²) in [6.45, 7) is -0.634. The number of ether oxygens (including phenoxy) is 2. The molecule has 0 aliphatic heterocycles. The Morgan fingerprint density at radius 1 is 1.00 bits per heavy atom. The Hall–Kier alpha value is -3.63. The molecular formula is C23H20ClFN2O6S. The average Bonchev–Trinajstić information content (AvgIpc) is 2.83. The summed E-state index contributed by atoms with van der Waals surface area (Å²) < 4.78 is 50.7. The van der Waals surface area contributed by atoms with Crippen molar-refractivity contribution in [3.05, 3.63) is 83.1 Å². The van der Waals surface area contributed by atoms with E-state index in [0.717, 1.165) is 28.6 Å². The normalized spacial score (nSPS) is 10.9. The third kappa shape index (κ3) is 5.64. The number of esters is 1. The molecule has 178 valence electrons. The summed E-state index contributed by atoms with van der Waals surface area (Å²) in [6, 6.07) is 14.4. The number of rotatable bonds is 8. The summed E-state index contributed by atoms with van der Waals surface area (Å²) in [7, 11) is -1.59. The summed E-state index contributed by atoms with van der Waals surface area (Å²) in [6.07, 6.45) is 0. The lowest BCUT2D eigenvalue weighted by Crippen LogP contribution is -2.38. The van der Waals surface area contributed by atoms with Crippen molar-refractivity contribution >= 4 is 44.9 Å². The number of nitrogens with zero attached hydrogens (tertiary/aromatic N) is 1. The third-order valence-corrected chi connectivity index (χ3v) is 6.83. The van der Waals surface area contributed by atoms with E-state index in [1.165, 1.54) is 56.7 Å². The van der Waals surface area contributed by atoms with Gasteiger partial charge in [0.1, 0.15) is 18.1 Å². The number of anilines is 2. The van der Waals surface area contributed by atoms with Crippen LogP contribution in [0.4, 0.5) is 15.8 Å². The molecule has 3 aromatic rings. The molecule has 0 aliphatic carbocycles. The van der Waals surface area contributed by atoms with Gasteiger partial charge in [0.05, 0.1) is 41.1 Å². The molecule has 3 aromatic carbocycles. The van der Waals surface area contributed by atoms with Gasteiger partial charge in [0.25, 0.3) is 10.0 Å². The molecule has 0 aliphatic rings. The Morgan fingerprint density at radius 3 is 2.24 bits per heavy atom. The zero-order valence-electron chi connectivity index (χ0n) is 18.1. The van der Waals surface area contributed by atoms with E-state index < -0.39 is 34.3 Å². The number of sulfonamides is 1. The van der Waals surface area contributed by atoms with Crippen molar-refractivity contribution in [1.29, 1.82) is 0 Å². The Kier molecular flexibility index (Phi) is 7.75. The largest absolute Gasteiger partial charge is 0.497 e. The van der Waals surface area contributed by atoms with Crippen molar-refractivity contribution in [2.75, 3.05) is 30.4 Å². The second-order valence-corrected chi connectivity index (χ2v) is 9.17. The van der Waals surface area contributed by atoms with Crippen LogP contribution < -0.4 is 14.4 Å². The topological polar surface area (TPSA) is 102 Å². The van der Waals surface area contributed by atoms with Gasteiger partial charge in [-0.05, 0) is 66.7 Å². The molecule has 0 fully saturated rings. The van der Waals surface area contributed by atoms with Crippen LogP contribution in [-0.2, 0) is 19.6 Å². The number of amides is 1. The maximum Gasteiger partial charge on any atom is 0.337 e. The molecule has 0 bridgehead atoms. The van der Waals surface area contributed by atoms with Crippen LogP contribution in [0.1, 0.15) is 10.4 Å². The summed E-state index contributed by atoms with van der Waals surface area (Å²) in [5, 5.41) is 2.65. The van der Waals surface area contributed by atoms with Gasteiger partial charge in [-0.2, -0.15) is 0 Å². The van der Waals surface area contributed by atoms with Crippen LogP contribution in [0.2, 0.25) is 5.02 Å². The lowest BCUT2D eigenvalue weighted by Gasteiger charge is -2.24. The zero-order valence-corrected chi connectivity index (χ0v) is 19.7. The van der Waals surface area contributed by atoms with Crippen LogP contribution in [0.3, 0.4) is 0 Å². The number of benzene rings is 3. The van der Waals surface area contributed by atoms with Gasteiger partial charge in [0.15, 0.2) is 0 Å². The molecule has 34 heavy (non-hydrogen) atoms. The maximum atomic E-state index is 13.4. The standard InChI is InChI=1S/C23H20ClFN2O6S/c1-32-18-8-6-17(7-9-18)27(34(30,31)19-10-4-16(25)5-11-19)14-22(28)26-21-13-15(23(29)33-2)3-12-20(21)24/h3-13H,14H2,1-2H3,(H,26,28). The smallest absolute Gasteiger partial charge is 0.337 e. The van der Waals surface area contributed by atoms with E-state index in [9.17, 15) is 22.4 Å². The average molecular weight is 507 g/mol. The molecular weight excluding hydrogens is 487 g/mol. The fourth-order valence-corrected chi connectivity index (χ4v) is 4.57. The van der Waals surface area contributed by atoms with E-state index in [1.54, 1.807) is 0 Å². The van der Waals surface area contributed by atoms with E-state index in [1.807, 2.05) is 0 Å². The number of carbonyl (C=O) groups excluding carboxylic acids is 2. The van der Waals surface area contributed by atoms with Crippen LogP contribution in [0.15, 0.2) is 71.6 Å². The zero-order chi connectivity index (χ0) is 24.9. The minimum Gasteiger partial charge on any atom is -0.497 e. The summed E-state index contributed by atoms with van der Waals surface area (Å²) in [5.74, 6) is -1.48. The molecule has 0 heterocycles. The first-order valence-corrected chi connectivity index (χ1v) is 11.6. The van der Waals surface area contributed by atoms with Gasteiger partial charge in [0, 0.05) is 0 Å². The van der Waals surface area contributed by atoms with Crippen molar-refractivity contribution in [2.45, 2.75) is 4.90 Å². The minimum atomic E-state index is -4.26. The summed E-state index contributed by atoms with van der Waals surface area (Å²) in [4.78, 5) is 24.5. The highest BCUT2D eigenvalue weighted by molar-refractivity contribution is 7.92. The van der Waals surface area contributed by atoms with Crippen LogP contribution in [0, 0.1) is 5.82 Å². The number of methoxy groups -OCH3 is 2. The van der Waals surface area contributed by atoms with Crippen molar-refractivity contribution in [1.82, 2.24) is 0 Å². The molecule has 11 heteroatoms. The fourth-order valence-electron chi connectivity index (χ4n) is 2.98. The second kappa shape index (κ2) is 10.5. The quantitative estimate of drug-likeness (QED) is 0.461. The van der Waals surface area contributed by atoms with E-state index >= 15 is 0 Å². The van der Waals surface area contributed by atoms with Gasteiger partial charge >= 0.3 is 5.97 Å². The van der Waals surface area contributed by atoms with Gasteiger partial charge in [-0.25, -0.2) is 17.6 Å². The monoisotopic (exact) mass is 506 g/mol. The summed E-state index contributed by atoms with van der Waals surface area (Å²) in [5.41, 5.74) is 0.422. The summed E-state index contributed by atoms with van der Waals surface area (Å²) >= 11 is 6.13. The highest BCUT2D eigenvalue weighted by atomic mass is 35.5. The van der Waals surface area contributed by atoms with E-state index in [-0.39, 0.29) is 26.9 Å². The van der Waals surface area contributed by atoms with Gasteiger partial charge in [0.2, 0.25) is 5.91 Å². The molecule has 3 rings (SSSR count). The van der Waals surface area contributed by atoms with Gasteiger partial charge in [-0.1, -0.05) is 11.6 Å². The Balaban J connectivity index is 1.95. The first-order valence-electron chi connectivity index (χ1n) is 9.76. The van der Waals surface area contributed by atoms with Crippen molar-refractivity contribution in [3.8, 4) is 5.75 Å². The molecule has 0 unspecified atom stereocenters. The van der Waals surface area contributed by atoms with Gasteiger partial charge in [-0.15, -0.1) is 0 Å². The van der Waals surface area contributed by atoms with Crippen LogP contribution in [0.25, 0.3) is 0 Å². The van der Waals surface area contributed by atoms with Crippen molar-refractivity contribution < 1.29 is 31.9 Å². The maximum absolute atomic E-state index is 13.4. The van der Waals surface area contributed by atoms with Crippen molar-refractivity contribution in [2.24, 2.45) is 0 Å². The number of halogens is 2. The molecule has 0 aromatic heterocycles. The van der Waals surface area contributed by atoms with E-state index in [2.05, 4.69) is 10.1 Å². The van der Waals surface area contributed by atoms with Crippen LogP contribution in [-0.4, -0.2) is 41.1 Å². The van der Waals surface area contributed by atoms with E-state index in [0.29, 0.717) is 5.75 Å². The predicted molar refractivity (Wildman–Crippen MR) is 125 cm³/mol. The molecule has 0 radical (unpaired) electrons. The lowest BCUT2D eigenvalue weighted by molar-refractivity contribution is -0.114. The molecule has 8 nitrogen and oxygen atoms in total. The highest BCUT2D eigenvalue weighted by Crippen LogP contribution is 2.27. The SMILES string of the molecule is COC(=O)c1ccc(Cl)c(NC(=O)CN(c2ccc(OC)cc2)S(=O)(=O)c2ccc(F)cc2)c1. The van der Waals surface area contributed by atoms with Gasteiger partial charge in [-0.3, -0.25) is 9.10 Å². The predicted octanol–water partition coefficient (Wildman–Crippen LogP) is 4.11. The number of hydrogen-bond donors (Lipinski definition) is 1. The first kappa shape index (κ1) is 25.0. The fraction of sp³-hybridized carbons (Fsp3) is 0.130. The molecule has 0 spiro atoms. The second-order valence-electron chi connectivity index (χ2n) is 6.90. The minimum absolute atomic E-state index is 0.100. The first-order chi connectivity index (χ1) is 16.1. The van der Waals surface area contributed by atoms with Crippen LogP contribution >= 0.6 is 11.6 Å². The molecule has 0 atom stereocenters. The van der Waals surface area contributed by atoms with Crippen LogP contribution in [0.5, 0.6) is 5.75 Å². The molecule has 1 N–H and O–H groups in total. The molecule has 0 saturated heterocycles. The van der Waals surface area contributed by atoms with E-state index in [4.69, 9.17) is 16.3 Å². The lowest BCUT2D eigenvalue weighted by atomic mass is 10.2. The van der Waals surface area contributed by atoms with Gasteiger partial charge < -0.3 is 14.8 Å².